The predicted octanol–water partition coefficient (Wildman–Crippen LogP) is 1.52. The van der Waals surface area contributed by atoms with Crippen LogP contribution in [0.1, 0.15) is 59.3 Å². The van der Waals surface area contributed by atoms with Crippen LogP contribution in [0.4, 0.5) is 4.79 Å². The number of carboxylic acids is 1. The van der Waals surface area contributed by atoms with Crippen LogP contribution in [-0.4, -0.2) is 77.9 Å². The van der Waals surface area contributed by atoms with Crippen LogP contribution in [-0.2, 0) is 23.9 Å². The molecule has 4 fully saturated rings. The fourth-order valence-corrected chi connectivity index (χ4v) is 5.84. The second kappa shape index (κ2) is 10.7. The summed E-state index contributed by atoms with van der Waals surface area (Å²) >= 11 is 0. The molecule has 10 heteroatoms. The quantitative estimate of drug-likeness (QED) is 0.501. The summed E-state index contributed by atoms with van der Waals surface area (Å²) in [7, 11) is 1.23. The Bertz CT molecular complexity index is 758. The number of methoxy groups -OCH3 is 1. The molecule has 186 valence electrons. The molecule has 7 atom stereocenters. The summed E-state index contributed by atoms with van der Waals surface area (Å²) in [6.07, 6.45) is 5.35. The van der Waals surface area contributed by atoms with Crippen LogP contribution >= 0.6 is 0 Å². The highest BCUT2D eigenvalue weighted by molar-refractivity contribution is 5.90. The lowest BCUT2D eigenvalue weighted by Crippen LogP contribution is -2.57. The highest BCUT2D eigenvalue weighted by Crippen LogP contribution is 2.43. The molecule has 0 radical (unpaired) electrons. The fraction of sp³-hybridized carbons (Fsp3) is 0.826. The maximum Gasteiger partial charge on any atom is 0.407 e. The van der Waals surface area contributed by atoms with Gasteiger partial charge in [-0.3, -0.25) is 9.59 Å². The number of aliphatic carboxylic acids is 1. The van der Waals surface area contributed by atoms with Crippen molar-refractivity contribution < 1.29 is 33.8 Å². The number of nitrogens with one attached hydrogen (secondary N) is 2. The first-order valence-electron chi connectivity index (χ1n) is 12.0. The van der Waals surface area contributed by atoms with Gasteiger partial charge in [0.25, 0.3) is 0 Å². The van der Waals surface area contributed by atoms with E-state index in [0.29, 0.717) is 18.6 Å². The molecule has 4 aliphatic rings. The third kappa shape index (κ3) is 5.42. The molecule has 4 bridgehead atoms. The molecule has 0 aromatic rings. The minimum Gasteiger partial charge on any atom is -0.480 e. The van der Waals surface area contributed by atoms with Crippen LogP contribution in [0.15, 0.2) is 0 Å². The van der Waals surface area contributed by atoms with E-state index in [1.54, 1.807) is 0 Å². The van der Waals surface area contributed by atoms with E-state index in [1.165, 1.54) is 31.3 Å². The van der Waals surface area contributed by atoms with E-state index in [4.69, 9.17) is 4.74 Å². The molecule has 0 spiro atoms. The number of esters is 1. The molecule has 2 saturated heterocycles. The summed E-state index contributed by atoms with van der Waals surface area (Å²) in [6.45, 7) is 5.96. The van der Waals surface area contributed by atoms with E-state index in [1.807, 2.05) is 20.8 Å². The summed E-state index contributed by atoms with van der Waals surface area (Å²) in [5.74, 6) is -0.905. The van der Waals surface area contributed by atoms with Crippen LogP contribution in [0, 0.1) is 17.8 Å². The van der Waals surface area contributed by atoms with Crippen molar-refractivity contribution in [1.29, 1.82) is 0 Å². The Labute approximate surface area is 194 Å². The number of hydrogen-bond donors (Lipinski definition) is 3. The van der Waals surface area contributed by atoms with E-state index < -0.39 is 24.1 Å². The highest BCUT2D eigenvalue weighted by atomic mass is 16.5. The lowest BCUT2D eigenvalue weighted by molar-refractivity contribution is -0.153. The maximum absolute atomic E-state index is 12.7. The number of carboxylic acid groups (broad SMARTS) is 1. The smallest absolute Gasteiger partial charge is 0.407 e. The van der Waals surface area contributed by atoms with Gasteiger partial charge in [0.2, 0.25) is 5.91 Å². The zero-order valence-corrected chi connectivity index (χ0v) is 19.9. The molecule has 33 heavy (non-hydrogen) atoms. The first-order valence-corrected chi connectivity index (χ1v) is 12.0. The largest absolute Gasteiger partial charge is 0.480 e. The van der Waals surface area contributed by atoms with Crippen molar-refractivity contribution in [1.82, 2.24) is 15.5 Å². The topological polar surface area (TPSA) is 134 Å². The molecule has 0 aromatic heterocycles. The first kappa shape index (κ1) is 25.3. The second-order valence-corrected chi connectivity index (χ2v) is 9.78. The number of piperidine rings is 2. The monoisotopic (exact) mass is 467 g/mol. The number of amides is 2. The Morgan fingerprint density at radius 3 is 2.30 bits per heavy atom. The van der Waals surface area contributed by atoms with Gasteiger partial charge in [-0.05, 0) is 63.2 Å². The van der Waals surface area contributed by atoms with Crippen LogP contribution < -0.4 is 10.6 Å². The number of alkyl carbamates (subject to hydrolysis) is 1. The van der Waals surface area contributed by atoms with Crippen molar-refractivity contribution in [2.24, 2.45) is 17.8 Å². The van der Waals surface area contributed by atoms with E-state index in [0.717, 1.165) is 19.3 Å². The van der Waals surface area contributed by atoms with Gasteiger partial charge < -0.3 is 30.1 Å². The first-order chi connectivity index (χ1) is 15.7. The third-order valence-electron chi connectivity index (χ3n) is 7.38. The molecular weight excluding hydrogens is 430 g/mol. The molecule has 4 unspecified atom stereocenters. The van der Waals surface area contributed by atoms with Crippen molar-refractivity contribution in [2.45, 2.75) is 89.5 Å². The fourth-order valence-electron chi connectivity index (χ4n) is 5.84. The molecule has 2 aliphatic carbocycles. The van der Waals surface area contributed by atoms with E-state index in [2.05, 4.69) is 15.4 Å². The van der Waals surface area contributed by atoms with Crippen LogP contribution in [0.25, 0.3) is 0 Å². The minimum atomic E-state index is -0.962. The van der Waals surface area contributed by atoms with E-state index in [9.17, 15) is 24.3 Å². The molecule has 2 aliphatic heterocycles. The maximum atomic E-state index is 12.7. The molecule has 2 heterocycles. The van der Waals surface area contributed by atoms with E-state index in [-0.39, 0.29) is 35.8 Å². The van der Waals surface area contributed by atoms with Gasteiger partial charge in [-0.2, -0.15) is 0 Å². The number of hydrogen-bond acceptors (Lipinski definition) is 7. The second-order valence-electron chi connectivity index (χ2n) is 9.78. The zero-order chi connectivity index (χ0) is 24.3. The van der Waals surface area contributed by atoms with Crippen molar-refractivity contribution >= 4 is 23.9 Å². The SMILES string of the molecule is CCOC(=O)[C@H]1NC2CCC1C2.COC(=O)N[C@H](C(=O)N1C2CCC(C2)[C@H]1C(=O)O)C(C)C. The Morgan fingerprint density at radius 2 is 1.79 bits per heavy atom. The average Bonchev–Trinajstić information content (AvgIpc) is 3.57. The number of ether oxygens (including phenoxy) is 2. The third-order valence-corrected chi connectivity index (χ3v) is 7.38. The zero-order valence-electron chi connectivity index (χ0n) is 19.9. The van der Waals surface area contributed by atoms with Gasteiger partial charge in [0, 0.05) is 12.1 Å². The standard InChI is InChI=1S/C14H22N2O5.C9H15NO2/c1-7(2)10(15-14(20)21-3)12(17)16-9-5-4-8(6-9)11(16)13(18)19;1-2-12-9(11)8-6-3-4-7(5-6)10-8/h7-11H,4-6H2,1-3H3,(H,15,20)(H,18,19);6-8,10H,2-5H2,1H3/t8?,9?,10-,11-;6?,7?,8-/m00/s1. The van der Waals surface area contributed by atoms with Crippen LogP contribution in [0.3, 0.4) is 0 Å². The van der Waals surface area contributed by atoms with Crippen molar-refractivity contribution in [3.05, 3.63) is 0 Å². The summed E-state index contributed by atoms with van der Waals surface area (Å²) in [5.41, 5.74) is 0. The Kier molecular flexibility index (Phi) is 8.20. The Balaban J connectivity index is 0.000000215. The Hall–Kier alpha value is -2.36. The van der Waals surface area contributed by atoms with Crippen LogP contribution in [0.5, 0.6) is 0 Å². The van der Waals surface area contributed by atoms with Crippen molar-refractivity contribution in [3.63, 3.8) is 0 Å². The van der Waals surface area contributed by atoms with Gasteiger partial charge in [0.05, 0.1) is 13.7 Å². The lowest BCUT2D eigenvalue weighted by atomic mass is 9.96. The van der Waals surface area contributed by atoms with E-state index >= 15 is 0 Å². The number of likely N-dealkylation sites (tertiary alicyclic amines) is 1. The van der Waals surface area contributed by atoms with Gasteiger partial charge in [0.1, 0.15) is 18.1 Å². The molecule has 4 rings (SSSR count). The molecule has 2 saturated carbocycles. The summed E-state index contributed by atoms with van der Waals surface area (Å²) in [4.78, 5) is 48.4. The number of rotatable bonds is 6. The number of fused-ring (bicyclic) bond motifs is 4. The molecule has 2 amide bonds. The molecule has 10 nitrogen and oxygen atoms in total. The lowest BCUT2D eigenvalue weighted by Gasteiger charge is -2.36. The summed E-state index contributed by atoms with van der Waals surface area (Å²) < 4.78 is 9.52. The minimum absolute atomic E-state index is 0.00343. The average molecular weight is 468 g/mol. The number of carbonyl (C=O) groups is 4. The van der Waals surface area contributed by atoms with Gasteiger partial charge in [-0.1, -0.05) is 13.8 Å². The number of nitrogens with zero attached hydrogens (tertiary/aromatic N) is 1. The van der Waals surface area contributed by atoms with Gasteiger partial charge in [0.15, 0.2) is 0 Å². The Morgan fingerprint density at radius 1 is 1.09 bits per heavy atom. The molecule has 0 aromatic carbocycles. The van der Waals surface area contributed by atoms with Gasteiger partial charge >= 0.3 is 18.0 Å². The van der Waals surface area contributed by atoms with Crippen LogP contribution in [0.2, 0.25) is 0 Å². The van der Waals surface area contributed by atoms with Gasteiger partial charge in [-0.15, -0.1) is 0 Å². The molecular formula is C23H37N3O7. The summed E-state index contributed by atoms with van der Waals surface area (Å²) in [6, 6.07) is -0.965. The number of carbonyl (C=O) groups excluding carboxylic acids is 3. The predicted molar refractivity (Wildman–Crippen MR) is 118 cm³/mol. The normalized spacial score (nSPS) is 32.2. The van der Waals surface area contributed by atoms with Crippen molar-refractivity contribution in [3.8, 4) is 0 Å². The van der Waals surface area contributed by atoms with Gasteiger partial charge in [-0.25, -0.2) is 9.59 Å². The van der Waals surface area contributed by atoms with Crippen molar-refractivity contribution in [2.75, 3.05) is 13.7 Å². The highest BCUT2D eigenvalue weighted by Gasteiger charge is 2.53. The molecule has 3 N–H and O–H groups in total. The summed E-state index contributed by atoms with van der Waals surface area (Å²) in [5, 5.41) is 15.2.